The maximum Gasteiger partial charge on any atom is 0.272 e. The SMILES string of the molecule is CNC(CCCc1ccccc1[N+](=O)[O-])COC. The van der Waals surface area contributed by atoms with Gasteiger partial charge in [0.05, 0.1) is 11.5 Å². The van der Waals surface area contributed by atoms with E-state index in [-0.39, 0.29) is 10.6 Å². The zero-order chi connectivity index (χ0) is 13.4. The van der Waals surface area contributed by atoms with E-state index in [4.69, 9.17) is 4.74 Å². The van der Waals surface area contributed by atoms with Crippen molar-refractivity contribution >= 4 is 5.69 Å². The summed E-state index contributed by atoms with van der Waals surface area (Å²) in [5.41, 5.74) is 1.01. The van der Waals surface area contributed by atoms with Crippen molar-refractivity contribution in [1.82, 2.24) is 5.32 Å². The summed E-state index contributed by atoms with van der Waals surface area (Å²) in [6, 6.07) is 7.22. The van der Waals surface area contributed by atoms with Crippen molar-refractivity contribution in [2.45, 2.75) is 25.3 Å². The normalized spacial score (nSPS) is 12.3. The van der Waals surface area contributed by atoms with Gasteiger partial charge in [0.2, 0.25) is 0 Å². The Labute approximate surface area is 107 Å². The van der Waals surface area contributed by atoms with Crippen LogP contribution in [0, 0.1) is 10.1 Å². The topological polar surface area (TPSA) is 64.4 Å². The Morgan fingerprint density at radius 1 is 1.44 bits per heavy atom. The number of nitro groups is 1. The predicted octanol–water partition coefficient (Wildman–Crippen LogP) is 2.15. The second kappa shape index (κ2) is 7.79. The van der Waals surface area contributed by atoms with E-state index in [0.717, 1.165) is 24.8 Å². The van der Waals surface area contributed by atoms with Gasteiger partial charge in [-0.25, -0.2) is 0 Å². The van der Waals surface area contributed by atoms with Gasteiger partial charge in [-0.2, -0.15) is 0 Å². The van der Waals surface area contributed by atoms with Crippen LogP contribution in [-0.2, 0) is 11.2 Å². The van der Waals surface area contributed by atoms with Gasteiger partial charge in [-0.15, -0.1) is 0 Å². The van der Waals surface area contributed by atoms with E-state index in [1.165, 1.54) is 0 Å². The lowest BCUT2D eigenvalue weighted by atomic mass is 10.0. The van der Waals surface area contributed by atoms with Crippen LogP contribution in [0.2, 0.25) is 0 Å². The van der Waals surface area contributed by atoms with E-state index in [0.29, 0.717) is 12.6 Å². The highest BCUT2D eigenvalue weighted by Crippen LogP contribution is 2.19. The van der Waals surface area contributed by atoms with E-state index < -0.39 is 0 Å². The monoisotopic (exact) mass is 252 g/mol. The molecule has 0 heterocycles. The van der Waals surface area contributed by atoms with Crippen LogP contribution in [0.1, 0.15) is 18.4 Å². The lowest BCUT2D eigenvalue weighted by Crippen LogP contribution is -2.29. The number of nitro benzene ring substituents is 1. The molecule has 0 fully saturated rings. The van der Waals surface area contributed by atoms with Gasteiger partial charge in [-0.05, 0) is 26.3 Å². The molecule has 0 aliphatic rings. The van der Waals surface area contributed by atoms with Crippen LogP contribution in [0.15, 0.2) is 24.3 Å². The number of ether oxygens (including phenoxy) is 1. The molecule has 0 aliphatic carbocycles. The van der Waals surface area contributed by atoms with Gasteiger partial charge in [0.15, 0.2) is 0 Å². The molecule has 1 rings (SSSR count). The molecule has 0 aromatic heterocycles. The summed E-state index contributed by atoms with van der Waals surface area (Å²) >= 11 is 0. The van der Waals surface area contributed by atoms with Crippen LogP contribution in [0.4, 0.5) is 5.69 Å². The first-order valence-corrected chi connectivity index (χ1v) is 6.07. The third kappa shape index (κ3) is 4.43. The van der Waals surface area contributed by atoms with Gasteiger partial charge in [0.1, 0.15) is 0 Å². The number of hydrogen-bond acceptors (Lipinski definition) is 4. The number of nitrogens with zero attached hydrogens (tertiary/aromatic N) is 1. The lowest BCUT2D eigenvalue weighted by Gasteiger charge is -2.14. The second-order valence-corrected chi connectivity index (χ2v) is 4.22. The van der Waals surface area contributed by atoms with Crippen molar-refractivity contribution < 1.29 is 9.66 Å². The molecule has 0 aliphatic heterocycles. The molecular weight excluding hydrogens is 232 g/mol. The molecule has 5 heteroatoms. The fraction of sp³-hybridized carbons (Fsp3) is 0.538. The average Bonchev–Trinajstić information content (AvgIpc) is 2.38. The smallest absolute Gasteiger partial charge is 0.272 e. The minimum Gasteiger partial charge on any atom is -0.383 e. The first-order chi connectivity index (χ1) is 8.69. The molecule has 100 valence electrons. The highest BCUT2D eigenvalue weighted by molar-refractivity contribution is 5.39. The van der Waals surface area contributed by atoms with Crippen molar-refractivity contribution in [2.24, 2.45) is 0 Å². The highest BCUT2D eigenvalue weighted by atomic mass is 16.6. The molecule has 0 radical (unpaired) electrons. The molecule has 0 amide bonds. The maximum absolute atomic E-state index is 10.9. The summed E-state index contributed by atoms with van der Waals surface area (Å²) in [6.07, 6.45) is 2.56. The molecule has 0 saturated carbocycles. The molecule has 0 bridgehead atoms. The number of para-hydroxylation sites is 1. The molecule has 1 atom stereocenters. The fourth-order valence-corrected chi connectivity index (χ4v) is 1.95. The summed E-state index contributed by atoms with van der Waals surface area (Å²) in [4.78, 5) is 10.5. The van der Waals surface area contributed by atoms with Crippen LogP contribution in [0.5, 0.6) is 0 Å². The minimum atomic E-state index is -0.319. The van der Waals surface area contributed by atoms with Gasteiger partial charge < -0.3 is 10.1 Å². The Kier molecular flexibility index (Phi) is 6.32. The molecule has 18 heavy (non-hydrogen) atoms. The van der Waals surface area contributed by atoms with Crippen LogP contribution in [0.3, 0.4) is 0 Å². The van der Waals surface area contributed by atoms with Gasteiger partial charge in [-0.3, -0.25) is 10.1 Å². The zero-order valence-corrected chi connectivity index (χ0v) is 10.9. The number of rotatable bonds is 8. The van der Waals surface area contributed by atoms with Crippen molar-refractivity contribution in [3.8, 4) is 0 Å². The first-order valence-electron chi connectivity index (χ1n) is 6.07. The van der Waals surface area contributed by atoms with Crippen molar-refractivity contribution in [2.75, 3.05) is 20.8 Å². The molecule has 0 saturated heterocycles. The Bertz CT molecular complexity index is 382. The van der Waals surface area contributed by atoms with E-state index >= 15 is 0 Å². The number of benzene rings is 1. The number of aryl methyl sites for hydroxylation is 1. The zero-order valence-electron chi connectivity index (χ0n) is 10.9. The predicted molar refractivity (Wildman–Crippen MR) is 70.8 cm³/mol. The second-order valence-electron chi connectivity index (χ2n) is 4.22. The Balaban J connectivity index is 2.50. The van der Waals surface area contributed by atoms with Gasteiger partial charge >= 0.3 is 0 Å². The standard InChI is InChI=1S/C13H20N2O3/c1-14-12(10-18-2)8-5-7-11-6-3-4-9-13(11)15(16)17/h3-4,6,9,12,14H,5,7-8,10H2,1-2H3. The Hall–Kier alpha value is -1.46. The molecule has 1 aromatic carbocycles. The number of hydrogen-bond donors (Lipinski definition) is 1. The van der Waals surface area contributed by atoms with E-state index in [1.807, 2.05) is 19.2 Å². The Morgan fingerprint density at radius 3 is 2.78 bits per heavy atom. The molecule has 1 aromatic rings. The van der Waals surface area contributed by atoms with E-state index in [1.54, 1.807) is 19.2 Å². The molecule has 0 spiro atoms. The molecule has 1 N–H and O–H groups in total. The van der Waals surface area contributed by atoms with Crippen LogP contribution in [-0.4, -0.2) is 31.7 Å². The van der Waals surface area contributed by atoms with Crippen molar-refractivity contribution in [3.63, 3.8) is 0 Å². The third-order valence-electron chi connectivity index (χ3n) is 2.96. The van der Waals surface area contributed by atoms with Crippen LogP contribution < -0.4 is 5.32 Å². The van der Waals surface area contributed by atoms with Gasteiger partial charge in [-0.1, -0.05) is 18.2 Å². The molecule has 1 unspecified atom stereocenters. The number of methoxy groups -OCH3 is 1. The highest BCUT2D eigenvalue weighted by Gasteiger charge is 2.12. The number of nitrogens with one attached hydrogen (secondary N) is 1. The summed E-state index contributed by atoms with van der Waals surface area (Å²) < 4.78 is 5.09. The summed E-state index contributed by atoms with van der Waals surface area (Å²) in [5.74, 6) is 0. The van der Waals surface area contributed by atoms with Crippen molar-refractivity contribution in [3.05, 3.63) is 39.9 Å². The van der Waals surface area contributed by atoms with E-state index in [2.05, 4.69) is 5.32 Å². The minimum absolute atomic E-state index is 0.213. The number of likely N-dealkylation sites (N-methyl/N-ethyl adjacent to an activating group) is 1. The Morgan fingerprint density at radius 2 is 2.17 bits per heavy atom. The summed E-state index contributed by atoms with van der Waals surface area (Å²) in [6.45, 7) is 0.660. The summed E-state index contributed by atoms with van der Waals surface area (Å²) in [5, 5.41) is 14.0. The first kappa shape index (κ1) is 14.6. The fourth-order valence-electron chi connectivity index (χ4n) is 1.95. The third-order valence-corrected chi connectivity index (χ3v) is 2.96. The van der Waals surface area contributed by atoms with Crippen LogP contribution >= 0.6 is 0 Å². The van der Waals surface area contributed by atoms with Gasteiger partial charge in [0.25, 0.3) is 5.69 Å². The van der Waals surface area contributed by atoms with Crippen molar-refractivity contribution in [1.29, 1.82) is 0 Å². The van der Waals surface area contributed by atoms with Gasteiger partial charge in [0, 0.05) is 24.8 Å². The molecular formula is C13H20N2O3. The van der Waals surface area contributed by atoms with Crippen LogP contribution in [0.25, 0.3) is 0 Å². The molecule has 5 nitrogen and oxygen atoms in total. The maximum atomic E-state index is 10.9. The largest absolute Gasteiger partial charge is 0.383 e. The lowest BCUT2D eigenvalue weighted by molar-refractivity contribution is -0.385. The average molecular weight is 252 g/mol. The van der Waals surface area contributed by atoms with E-state index in [9.17, 15) is 10.1 Å². The summed E-state index contributed by atoms with van der Waals surface area (Å²) in [7, 11) is 3.57. The quantitative estimate of drug-likeness (QED) is 0.568.